The number of methoxy groups -OCH3 is 1. The van der Waals surface area contributed by atoms with Crippen LogP contribution in [0.25, 0.3) is 0 Å². The molecule has 0 aromatic heterocycles. The average molecular weight is 265 g/mol. The Morgan fingerprint density at radius 1 is 1.32 bits per heavy atom. The molecule has 0 bridgehead atoms. The van der Waals surface area contributed by atoms with Crippen LogP contribution in [0.2, 0.25) is 0 Å². The lowest BCUT2D eigenvalue weighted by Gasteiger charge is -2.27. The predicted molar refractivity (Wildman–Crippen MR) is 81.0 cm³/mol. The molecule has 0 heterocycles. The molecule has 1 unspecified atom stereocenters. The summed E-state index contributed by atoms with van der Waals surface area (Å²) < 4.78 is 11.1. The largest absolute Gasteiger partial charge is 0.494 e. The Balaban J connectivity index is 2.56. The lowest BCUT2D eigenvalue weighted by atomic mass is 10.00. The number of nitrogens with one attached hydrogen (secondary N) is 1. The Morgan fingerprint density at radius 2 is 2.05 bits per heavy atom. The molecule has 1 rings (SSSR count). The summed E-state index contributed by atoms with van der Waals surface area (Å²) >= 11 is 0. The highest BCUT2D eigenvalue weighted by Gasteiger charge is 2.20. The van der Waals surface area contributed by atoms with Gasteiger partial charge in [-0.25, -0.2) is 0 Å². The third kappa shape index (κ3) is 5.97. The first-order valence-electron chi connectivity index (χ1n) is 7.01. The van der Waals surface area contributed by atoms with Crippen LogP contribution in [-0.2, 0) is 4.74 Å². The van der Waals surface area contributed by atoms with Crippen LogP contribution in [0.1, 0.15) is 40.5 Å². The summed E-state index contributed by atoms with van der Waals surface area (Å²) in [6.07, 6.45) is 1.97. The van der Waals surface area contributed by atoms with Crippen molar-refractivity contribution in [3.8, 4) is 5.75 Å². The van der Waals surface area contributed by atoms with E-state index in [0.29, 0.717) is 6.04 Å². The van der Waals surface area contributed by atoms with Gasteiger partial charge in [0.05, 0.1) is 12.2 Å². The summed E-state index contributed by atoms with van der Waals surface area (Å²) in [5, 5.41) is 3.49. The van der Waals surface area contributed by atoms with Gasteiger partial charge in [0.1, 0.15) is 5.75 Å². The van der Waals surface area contributed by atoms with E-state index in [1.54, 1.807) is 7.11 Å². The molecule has 0 amide bonds. The molecule has 1 aromatic carbocycles. The van der Waals surface area contributed by atoms with E-state index in [1.807, 2.05) is 18.2 Å². The van der Waals surface area contributed by atoms with Gasteiger partial charge in [-0.1, -0.05) is 13.0 Å². The fourth-order valence-electron chi connectivity index (χ4n) is 2.05. The average Bonchev–Trinajstić information content (AvgIpc) is 2.36. The van der Waals surface area contributed by atoms with E-state index in [-0.39, 0.29) is 5.60 Å². The molecule has 3 nitrogen and oxygen atoms in total. The van der Waals surface area contributed by atoms with Crippen LogP contribution in [0.15, 0.2) is 24.3 Å². The van der Waals surface area contributed by atoms with Crippen LogP contribution in [0.3, 0.4) is 0 Å². The molecule has 0 saturated heterocycles. The van der Waals surface area contributed by atoms with E-state index < -0.39 is 0 Å². The van der Waals surface area contributed by atoms with Crippen molar-refractivity contribution >= 4 is 5.69 Å². The molecule has 0 fully saturated rings. The van der Waals surface area contributed by atoms with Gasteiger partial charge in [0, 0.05) is 24.9 Å². The third-order valence-corrected chi connectivity index (χ3v) is 3.07. The summed E-state index contributed by atoms with van der Waals surface area (Å²) in [6.45, 7) is 9.24. The molecule has 3 heteroatoms. The van der Waals surface area contributed by atoms with Crippen molar-refractivity contribution < 1.29 is 9.47 Å². The predicted octanol–water partition coefficient (Wildman–Crippen LogP) is 4.09. The highest BCUT2D eigenvalue weighted by Crippen LogP contribution is 2.21. The smallest absolute Gasteiger partial charge is 0.121 e. The Hall–Kier alpha value is -1.22. The quantitative estimate of drug-likeness (QED) is 0.768. The second-order valence-electron chi connectivity index (χ2n) is 5.59. The summed E-state index contributed by atoms with van der Waals surface area (Å²) in [5.74, 6) is 0.921. The Bertz CT molecular complexity index is 377. The van der Waals surface area contributed by atoms with Gasteiger partial charge in [-0.05, 0) is 45.7 Å². The minimum absolute atomic E-state index is 0.108. The second-order valence-corrected chi connectivity index (χ2v) is 5.59. The molecule has 0 aliphatic heterocycles. The number of rotatable bonds is 8. The zero-order valence-corrected chi connectivity index (χ0v) is 12.8. The molecular weight excluding hydrogens is 238 g/mol. The topological polar surface area (TPSA) is 30.5 Å². The minimum atomic E-state index is -0.108. The van der Waals surface area contributed by atoms with E-state index in [4.69, 9.17) is 9.47 Å². The van der Waals surface area contributed by atoms with Crippen molar-refractivity contribution in [2.75, 3.05) is 19.0 Å². The number of ether oxygens (including phenoxy) is 2. The Labute approximate surface area is 117 Å². The number of anilines is 1. The van der Waals surface area contributed by atoms with Crippen molar-refractivity contribution in [2.24, 2.45) is 0 Å². The van der Waals surface area contributed by atoms with Crippen LogP contribution in [-0.4, -0.2) is 25.4 Å². The Kier molecular flexibility index (Phi) is 6.16. The Morgan fingerprint density at radius 3 is 2.68 bits per heavy atom. The maximum atomic E-state index is 5.63. The van der Waals surface area contributed by atoms with Gasteiger partial charge in [0.25, 0.3) is 0 Å². The fourth-order valence-corrected chi connectivity index (χ4v) is 2.05. The third-order valence-electron chi connectivity index (χ3n) is 3.07. The maximum absolute atomic E-state index is 5.63. The molecule has 0 saturated carbocycles. The molecule has 1 aromatic rings. The summed E-state index contributed by atoms with van der Waals surface area (Å²) in [5.41, 5.74) is 0.982. The molecule has 0 radical (unpaired) electrons. The van der Waals surface area contributed by atoms with E-state index in [0.717, 1.165) is 30.9 Å². The van der Waals surface area contributed by atoms with Crippen molar-refractivity contribution in [2.45, 2.75) is 52.2 Å². The highest BCUT2D eigenvalue weighted by molar-refractivity contribution is 5.48. The second kappa shape index (κ2) is 7.39. The summed E-state index contributed by atoms with van der Waals surface area (Å²) in [4.78, 5) is 0. The zero-order chi connectivity index (χ0) is 14.3. The van der Waals surface area contributed by atoms with Crippen LogP contribution >= 0.6 is 0 Å². The maximum Gasteiger partial charge on any atom is 0.121 e. The van der Waals surface area contributed by atoms with Crippen LogP contribution < -0.4 is 10.1 Å². The van der Waals surface area contributed by atoms with E-state index >= 15 is 0 Å². The van der Waals surface area contributed by atoms with Gasteiger partial charge in [-0.2, -0.15) is 0 Å². The molecule has 1 N–H and O–H groups in total. The van der Waals surface area contributed by atoms with Gasteiger partial charge in [0.2, 0.25) is 0 Å². The van der Waals surface area contributed by atoms with Gasteiger partial charge in [0.15, 0.2) is 0 Å². The first-order valence-corrected chi connectivity index (χ1v) is 7.01. The summed E-state index contributed by atoms with van der Waals surface area (Å²) in [6, 6.07) is 8.46. The van der Waals surface area contributed by atoms with Gasteiger partial charge < -0.3 is 14.8 Å². The first-order chi connectivity index (χ1) is 8.96. The zero-order valence-electron chi connectivity index (χ0n) is 12.8. The molecule has 0 aliphatic rings. The van der Waals surface area contributed by atoms with Crippen molar-refractivity contribution in [1.29, 1.82) is 0 Å². The molecule has 0 aliphatic carbocycles. The number of hydrogen-bond donors (Lipinski definition) is 1. The van der Waals surface area contributed by atoms with Gasteiger partial charge in [-0.15, -0.1) is 0 Å². The first kappa shape index (κ1) is 15.8. The van der Waals surface area contributed by atoms with E-state index in [2.05, 4.69) is 39.1 Å². The standard InChI is InChI=1S/C16H27NO2/c1-6-10-19-15-9-7-8-14(11-15)17-13(2)12-16(3,4)18-5/h7-9,11,13,17H,6,10,12H2,1-5H3. The lowest BCUT2D eigenvalue weighted by molar-refractivity contribution is 0.0128. The number of benzene rings is 1. The fraction of sp³-hybridized carbons (Fsp3) is 0.625. The SMILES string of the molecule is CCCOc1cccc(NC(C)CC(C)(C)OC)c1. The van der Waals surface area contributed by atoms with Crippen molar-refractivity contribution in [3.05, 3.63) is 24.3 Å². The van der Waals surface area contributed by atoms with Gasteiger partial charge >= 0.3 is 0 Å². The van der Waals surface area contributed by atoms with Crippen LogP contribution in [0.5, 0.6) is 5.75 Å². The monoisotopic (exact) mass is 265 g/mol. The number of hydrogen-bond acceptors (Lipinski definition) is 3. The van der Waals surface area contributed by atoms with Crippen LogP contribution in [0.4, 0.5) is 5.69 Å². The van der Waals surface area contributed by atoms with Crippen molar-refractivity contribution in [3.63, 3.8) is 0 Å². The molecule has 1 atom stereocenters. The van der Waals surface area contributed by atoms with Crippen molar-refractivity contribution in [1.82, 2.24) is 0 Å². The van der Waals surface area contributed by atoms with E-state index in [9.17, 15) is 0 Å². The normalized spacial score (nSPS) is 13.1. The minimum Gasteiger partial charge on any atom is -0.494 e. The molecule has 108 valence electrons. The highest BCUT2D eigenvalue weighted by atomic mass is 16.5. The molecule has 19 heavy (non-hydrogen) atoms. The van der Waals surface area contributed by atoms with Crippen LogP contribution in [0, 0.1) is 0 Å². The van der Waals surface area contributed by atoms with E-state index in [1.165, 1.54) is 0 Å². The van der Waals surface area contributed by atoms with Gasteiger partial charge in [-0.3, -0.25) is 0 Å². The molecular formula is C16H27NO2. The molecule has 0 spiro atoms. The lowest BCUT2D eigenvalue weighted by Crippen LogP contribution is -2.31. The summed E-state index contributed by atoms with van der Waals surface area (Å²) in [7, 11) is 1.76.